The zero-order valence-electron chi connectivity index (χ0n) is 11.7. The lowest BCUT2D eigenvalue weighted by Crippen LogP contribution is -2.39. The van der Waals surface area contributed by atoms with Crippen molar-refractivity contribution in [1.29, 1.82) is 0 Å². The Morgan fingerprint density at radius 3 is 2.67 bits per heavy atom. The summed E-state index contributed by atoms with van der Waals surface area (Å²) < 4.78 is 5.40. The lowest BCUT2D eigenvalue weighted by Gasteiger charge is -2.12. The highest BCUT2D eigenvalue weighted by Gasteiger charge is 2.14. The van der Waals surface area contributed by atoms with Gasteiger partial charge < -0.3 is 20.3 Å². The third-order valence-electron chi connectivity index (χ3n) is 3.16. The molecular formula is C13H27N3O2. The van der Waals surface area contributed by atoms with Gasteiger partial charge in [0.1, 0.15) is 0 Å². The summed E-state index contributed by atoms with van der Waals surface area (Å²) in [4.78, 5) is 13.6. The van der Waals surface area contributed by atoms with Crippen LogP contribution in [0.4, 0.5) is 0 Å². The first-order valence-electron chi connectivity index (χ1n) is 6.91. The van der Waals surface area contributed by atoms with Crippen molar-refractivity contribution in [2.24, 2.45) is 0 Å². The third kappa shape index (κ3) is 7.63. The molecule has 0 aliphatic heterocycles. The largest absolute Gasteiger partial charge is 0.378 e. The number of hydrogen-bond acceptors (Lipinski definition) is 4. The Morgan fingerprint density at radius 1 is 1.28 bits per heavy atom. The van der Waals surface area contributed by atoms with Gasteiger partial charge in [-0.2, -0.15) is 0 Å². The Morgan fingerprint density at radius 2 is 2.00 bits per heavy atom. The molecular weight excluding hydrogens is 230 g/mol. The first-order chi connectivity index (χ1) is 8.68. The van der Waals surface area contributed by atoms with Crippen LogP contribution in [-0.4, -0.2) is 63.8 Å². The molecule has 0 radical (unpaired) electrons. The fraction of sp³-hybridized carbons (Fsp3) is 0.923. The zero-order valence-corrected chi connectivity index (χ0v) is 11.7. The molecule has 0 aromatic rings. The number of likely N-dealkylation sites (N-methyl/N-ethyl adjacent to an activating group) is 1. The molecule has 5 heteroatoms. The number of nitrogens with zero attached hydrogens (tertiary/aromatic N) is 1. The van der Waals surface area contributed by atoms with Gasteiger partial charge in [-0.25, -0.2) is 0 Å². The van der Waals surface area contributed by atoms with E-state index in [-0.39, 0.29) is 5.91 Å². The first kappa shape index (κ1) is 15.4. The average molecular weight is 257 g/mol. The number of rotatable bonds is 9. The Kier molecular flexibility index (Phi) is 7.96. The van der Waals surface area contributed by atoms with Crippen LogP contribution in [-0.2, 0) is 9.53 Å². The van der Waals surface area contributed by atoms with Crippen LogP contribution >= 0.6 is 0 Å². The van der Waals surface area contributed by atoms with Crippen LogP contribution in [0, 0.1) is 0 Å². The molecule has 0 aromatic heterocycles. The molecule has 0 atom stereocenters. The second kappa shape index (κ2) is 9.30. The van der Waals surface area contributed by atoms with Crippen molar-refractivity contribution in [3.63, 3.8) is 0 Å². The summed E-state index contributed by atoms with van der Waals surface area (Å²) in [6.45, 7) is 3.24. The topological polar surface area (TPSA) is 53.6 Å². The molecule has 0 spiro atoms. The molecule has 0 heterocycles. The Labute approximate surface area is 110 Å². The quantitative estimate of drug-likeness (QED) is 0.580. The number of ether oxygens (including phenoxy) is 1. The van der Waals surface area contributed by atoms with E-state index < -0.39 is 0 Å². The van der Waals surface area contributed by atoms with Crippen LogP contribution in [0.2, 0.25) is 0 Å². The van der Waals surface area contributed by atoms with E-state index in [1.807, 2.05) is 14.1 Å². The fourth-order valence-corrected chi connectivity index (χ4v) is 2.04. The monoisotopic (exact) mass is 257 g/mol. The summed E-state index contributed by atoms with van der Waals surface area (Å²) in [5.74, 6) is 0.0677. The lowest BCUT2D eigenvalue weighted by molar-refractivity contribution is -0.120. The highest BCUT2D eigenvalue weighted by atomic mass is 16.5. The summed E-state index contributed by atoms with van der Waals surface area (Å²) in [5.41, 5.74) is 0. The molecule has 1 amide bonds. The molecule has 0 saturated heterocycles. The molecule has 1 aliphatic rings. The van der Waals surface area contributed by atoms with Crippen molar-refractivity contribution >= 4 is 5.91 Å². The summed E-state index contributed by atoms with van der Waals surface area (Å²) >= 11 is 0. The van der Waals surface area contributed by atoms with E-state index in [4.69, 9.17) is 4.74 Å². The predicted octanol–water partition coefficient (Wildman–Crippen LogP) is 0.213. The molecule has 1 saturated carbocycles. The molecule has 18 heavy (non-hydrogen) atoms. The fourth-order valence-electron chi connectivity index (χ4n) is 2.04. The predicted molar refractivity (Wildman–Crippen MR) is 72.6 cm³/mol. The SMILES string of the molecule is CN(C)CCOCCNC(=O)CNC1CCCC1. The highest BCUT2D eigenvalue weighted by Crippen LogP contribution is 2.17. The smallest absolute Gasteiger partial charge is 0.234 e. The molecule has 5 nitrogen and oxygen atoms in total. The minimum atomic E-state index is 0.0677. The number of carbonyl (C=O) groups is 1. The van der Waals surface area contributed by atoms with Crippen LogP contribution in [0.3, 0.4) is 0 Å². The van der Waals surface area contributed by atoms with Gasteiger partial charge in [0.25, 0.3) is 0 Å². The third-order valence-corrected chi connectivity index (χ3v) is 3.16. The van der Waals surface area contributed by atoms with Crippen molar-refractivity contribution in [2.75, 3.05) is 46.9 Å². The van der Waals surface area contributed by atoms with Crippen LogP contribution in [0.5, 0.6) is 0 Å². The minimum absolute atomic E-state index is 0.0677. The summed E-state index contributed by atoms with van der Waals surface area (Å²) in [5, 5.41) is 6.14. The lowest BCUT2D eigenvalue weighted by atomic mass is 10.2. The molecule has 1 aliphatic carbocycles. The molecule has 1 fully saturated rings. The van der Waals surface area contributed by atoms with E-state index >= 15 is 0 Å². The number of amides is 1. The van der Waals surface area contributed by atoms with Gasteiger partial charge in [-0.1, -0.05) is 12.8 Å². The molecule has 1 rings (SSSR count). The van der Waals surface area contributed by atoms with Crippen LogP contribution in [0.25, 0.3) is 0 Å². The summed E-state index contributed by atoms with van der Waals surface area (Å²) in [6, 6.07) is 0.548. The zero-order chi connectivity index (χ0) is 13.2. The van der Waals surface area contributed by atoms with Gasteiger partial charge in [0, 0.05) is 19.1 Å². The maximum absolute atomic E-state index is 11.5. The second-order valence-electron chi connectivity index (χ2n) is 5.13. The molecule has 106 valence electrons. The molecule has 0 unspecified atom stereocenters. The van der Waals surface area contributed by atoms with Gasteiger partial charge >= 0.3 is 0 Å². The van der Waals surface area contributed by atoms with Crippen molar-refractivity contribution in [2.45, 2.75) is 31.7 Å². The molecule has 0 aromatic carbocycles. The van der Waals surface area contributed by atoms with Crippen LogP contribution < -0.4 is 10.6 Å². The van der Waals surface area contributed by atoms with Gasteiger partial charge in [0.05, 0.1) is 19.8 Å². The van der Waals surface area contributed by atoms with Crippen molar-refractivity contribution in [3.8, 4) is 0 Å². The van der Waals surface area contributed by atoms with E-state index in [0.717, 1.165) is 6.54 Å². The number of nitrogens with one attached hydrogen (secondary N) is 2. The van der Waals surface area contributed by atoms with Gasteiger partial charge in [-0.3, -0.25) is 4.79 Å². The van der Waals surface area contributed by atoms with Gasteiger partial charge in [0.2, 0.25) is 5.91 Å². The van der Waals surface area contributed by atoms with E-state index in [0.29, 0.717) is 32.3 Å². The van der Waals surface area contributed by atoms with E-state index in [1.54, 1.807) is 0 Å². The Bertz CT molecular complexity index is 228. The van der Waals surface area contributed by atoms with E-state index in [1.165, 1.54) is 25.7 Å². The van der Waals surface area contributed by atoms with Crippen LogP contribution in [0.1, 0.15) is 25.7 Å². The average Bonchev–Trinajstić information content (AvgIpc) is 2.83. The Hall–Kier alpha value is -0.650. The minimum Gasteiger partial charge on any atom is -0.378 e. The van der Waals surface area contributed by atoms with Crippen molar-refractivity contribution < 1.29 is 9.53 Å². The van der Waals surface area contributed by atoms with E-state index in [9.17, 15) is 4.79 Å². The van der Waals surface area contributed by atoms with Gasteiger partial charge in [0.15, 0.2) is 0 Å². The second-order valence-corrected chi connectivity index (χ2v) is 5.13. The number of carbonyl (C=O) groups excluding carboxylic acids is 1. The highest BCUT2D eigenvalue weighted by molar-refractivity contribution is 5.77. The first-order valence-corrected chi connectivity index (χ1v) is 6.91. The maximum Gasteiger partial charge on any atom is 0.234 e. The van der Waals surface area contributed by atoms with Crippen molar-refractivity contribution in [1.82, 2.24) is 15.5 Å². The van der Waals surface area contributed by atoms with Gasteiger partial charge in [-0.15, -0.1) is 0 Å². The van der Waals surface area contributed by atoms with Gasteiger partial charge in [-0.05, 0) is 26.9 Å². The standard InChI is InChI=1S/C13H27N3O2/c1-16(2)8-10-18-9-7-14-13(17)11-15-12-5-3-4-6-12/h12,15H,3-11H2,1-2H3,(H,14,17). The maximum atomic E-state index is 11.5. The van der Waals surface area contributed by atoms with E-state index in [2.05, 4.69) is 15.5 Å². The van der Waals surface area contributed by atoms with Crippen LogP contribution in [0.15, 0.2) is 0 Å². The molecule has 0 bridgehead atoms. The van der Waals surface area contributed by atoms with Crippen molar-refractivity contribution in [3.05, 3.63) is 0 Å². The summed E-state index contributed by atoms with van der Waals surface area (Å²) in [6.07, 6.45) is 5.00. The summed E-state index contributed by atoms with van der Waals surface area (Å²) in [7, 11) is 4.03. The normalized spacial score (nSPS) is 16.4. The Balaban J connectivity index is 1.87. The number of hydrogen-bond donors (Lipinski definition) is 2. The molecule has 2 N–H and O–H groups in total.